The highest BCUT2D eigenvalue weighted by atomic mass is 35.5. The number of para-hydroxylation sites is 1. The first-order chi connectivity index (χ1) is 13.4. The minimum Gasteiger partial charge on any atom is -0.481 e. The lowest BCUT2D eigenvalue weighted by Crippen LogP contribution is -2.38. The maximum Gasteiger partial charge on any atom is 0.291 e. The third-order valence-electron chi connectivity index (χ3n) is 3.68. The molecule has 1 atom stereocenters. The van der Waals surface area contributed by atoms with Crippen LogP contribution in [-0.2, 0) is 4.79 Å². The number of rotatable bonds is 6. The minimum absolute atomic E-state index is 0.224. The molecule has 2 aromatic carbocycles. The van der Waals surface area contributed by atoms with E-state index in [9.17, 15) is 10.0 Å². The van der Waals surface area contributed by atoms with Crippen LogP contribution in [0.15, 0.2) is 66.9 Å². The summed E-state index contributed by atoms with van der Waals surface area (Å²) in [5.41, 5.74) is 0.360. The summed E-state index contributed by atoms with van der Waals surface area (Å²) < 4.78 is 11.2. The molecule has 0 fully saturated rings. The summed E-state index contributed by atoms with van der Waals surface area (Å²) in [5.74, 6) is 0.548. The van der Waals surface area contributed by atoms with Gasteiger partial charge in [0, 0.05) is 6.20 Å². The van der Waals surface area contributed by atoms with Crippen molar-refractivity contribution in [2.45, 2.75) is 13.0 Å². The zero-order valence-corrected chi connectivity index (χ0v) is 16.3. The molecule has 8 heteroatoms. The summed E-state index contributed by atoms with van der Waals surface area (Å²) >= 11 is 11.8. The van der Waals surface area contributed by atoms with Crippen molar-refractivity contribution in [2.75, 3.05) is 5.06 Å². The summed E-state index contributed by atoms with van der Waals surface area (Å²) in [6.07, 6.45) is 0.533. The van der Waals surface area contributed by atoms with E-state index < -0.39 is 12.0 Å². The van der Waals surface area contributed by atoms with Crippen LogP contribution in [0, 0.1) is 0 Å². The van der Waals surface area contributed by atoms with Gasteiger partial charge in [-0.1, -0.05) is 41.4 Å². The monoisotopic (exact) mass is 418 g/mol. The molecule has 3 aromatic rings. The highest BCUT2D eigenvalue weighted by Gasteiger charge is 2.22. The third kappa shape index (κ3) is 4.92. The van der Waals surface area contributed by atoms with Gasteiger partial charge in [-0.05, 0) is 49.4 Å². The fraction of sp³-hybridized carbons (Fsp3) is 0.100. The second-order valence-corrected chi connectivity index (χ2v) is 6.60. The molecule has 1 aromatic heterocycles. The average molecular weight is 419 g/mol. The van der Waals surface area contributed by atoms with Crippen LogP contribution in [0.1, 0.15) is 6.92 Å². The highest BCUT2D eigenvalue weighted by Crippen LogP contribution is 2.30. The van der Waals surface area contributed by atoms with Crippen LogP contribution in [0.2, 0.25) is 10.0 Å². The van der Waals surface area contributed by atoms with E-state index >= 15 is 0 Å². The molecule has 3 rings (SSSR count). The Bertz CT molecular complexity index is 952. The molecular formula is C20H16Cl2N2O4. The van der Waals surface area contributed by atoms with Gasteiger partial charge in [0.2, 0.25) is 5.88 Å². The van der Waals surface area contributed by atoms with E-state index in [0.29, 0.717) is 27.3 Å². The van der Waals surface area contributed by atoms with Crippen molar-refractivity contribution in [1.29, 1.82) is 0 Å². The van der Waals surface area contributed by atoms with Crippen molar-refractivity contribution in [2.24, 2.45) is 0 Å². The predicted molar refractivity (Wildman–Crippen MR) is 107 cm³/mol. The normalized spacial score (nSPS) is 11.6. The Kier molecular flexibility index (Phi) is 6.36. The average Bonchev–Trinajstić information content (AvgIpc) is 2.71. The van der Waals surface area contributed by atoms with Gasteiger partial charge in [-0.25, -0.2) is 4.98 Å². The van der Waals surface area contributed by atoms with Crippen molar-refractivity contribution in [3.05, 3.63) is 76.9 Å². The van der Waals surface area contributed by atoms with Crippen LogP contribution in [0.25, 0.3) is 0 Å². The molecule has 0 aliphatic heterocycles. The number of benzene rings is 2. The molecule has 28 heavy (non-hydrogen) atoms. The molecule has 1 amide bonds. The van der Waals surface area contributed by atoms with Crippen LogP contribution in [-0.4, -0.2) is 22.2 Å². The first kappa shape index (κ1) is 19.9. The number of nitrogens with zero attached hydrogens (tertiary/aromatic N) is 2. The van der Waals surface area contributed by atoms with Gasteiger partial charge in [0.1, 0.15) is 16.5 Å². The van der Waals surface area contributed by atoms with E-state index in [1.165, 1.54) is 12.3 Å². The Balaban J connectivity index is 1.62. The van der Waals surface area contributed by atoms with Gasteiger partial charge in [0.05, 0.1) is 10.7 Å². The summed E-state index contributed by atoms with van der Waals surface area (Å²) in [7, 11) is 0. The van der Waals surface area contributed by atoms with Gasteiger partial charge >= 0.3 is 0 Å². The molecule has 0 spiro atoms. The Hall–Kier alpha value is -2.80. The molecule has 0 bridgehead atoms. The molecule has 0 aliphatic carbocycles. The number of halogens is 2. The first-order valence-electron chi connectivity index (χ1n) is 8.27. The number of aromatic nitrogens is 1. The second-order valence-electron chi connectivity index (χ2n) is 5.76. The molecule has 6 nitrogen and oxygen atoms in total. The number of ether oxygens (including phenoxy) is 2. The minimum atomic E-state index is -0.899. The van der Waals surface area contributed by atoms with Crippen molar-refractivity contribution >= 4 is 34.8 Å². The number of anilines is 1. The second kappa shape index (κ2) is 8.93. The van der Waals surface area contributed by atoms with E-state index in [1.807, 2.05) is 0 Å². The van der Waals surface area contributed by atoms with Crippen LogP contribution in [0.4, 0.5) is 5.69 Å². The summed E-state index contributed by atoms with van der Waals surface area (Å²) in [5, 5.41) is 11.3. The summed E-state index contributed by atoms with van der Waals surface area (Å²) in [4.78, 5) is 16.3. The van der Waals surface area contributed by atoms with E-state index in [1.54, 1.807) is 61.5 Å². The largest absolute Gasteiger partial charge is 0.481 e. The van der Waals surface area contributed by atoms with Crippen LogP contribution in [0.5, 0.6) is 17.4 Å². The summed E-state index contributed by atoms with van der Waals surface area (Å²) in [6, 6.07) is 16.6. The number of carbonyl (C=O) groups is 1. The zero-order valence-electron chi connectivity index (χ0n) is 14.8. The molecular weight excluding hydrogens is 403 g/mol. The van der Waals surface area contributed by atoms with Crippen LogP contribution in [0.3, 0.4) is 0 Å². The molecule has 1 unspecified atom stereocenters. The number of pyridine rings is 1. The third-order valence-corrected chi connectivity index (χ3v) is 4.16. The molecule has 0 saturated heterocycles. The standard InChI is InChI=1S/C20H16Cl2N2O4/c1-13(20(25)24(26)15-5-3-2-4-6-15)27-16-7-9-17(10-8-16)28-19-18(22)11-14(21)12-23-19/h2-13,26H,1H3. The molecule has 0 radical (unpaired) electrons. The lowest BCUT2D eigenvalue weighted by Gasteiger charge is -2.20. The molecule has 1 heterocycles. The Morgan fingerprint density at radius 1 is 1.07 bits per heavy atom. The van der Waals surface area contributed by atoms with Crippen molar-refractivity contribution in [1.82, 2.24) is 4.98 Å². The number of amides is 1. The van der Waals surface area contributed by atoms with Crippen LogP contribution < -0.4 is 14.5 Å². The highest BCUT2D eigenvalue weighted by molar-refractivity contribution is 6.35. The first-order valence-corrected chi connectivity index (χ1v) is 9.03. The van der Waals surface area contributed by atoms with Gasteiger partial charge in [-0.2, -0.15) is 5.06 Å². The fourth-order valence-electron chi connectivity index (χ4n) is 2.30. The van der Waals surface area contributed by atoms with E-state index in [2.05, 4.69) is 4.98 Å². The lowest BCUT2D eigenvalue weighted by molar-refractivity contribution is -0.129. The maximum absolute atomic E-state index is 12.3. The fourth-order valence-corrected chi connectivity index (χ4v) is 2.72. The molecule has 0 saturated carbocycles. The van der Waals surface area contributed by atoms with Gasteiger partial charge in [-0.15, -0.1) is 0 Å². The van der Waals surface area contributed by atoms with E-state index in [4.69, 9.17) is 32.7 Å². The maximum atomic E-state index is 12.3. The molecule has 0 aliphatic rings. The quantitative estimate of drug-likeness (QED) is 0.430. The van der Waals surface area contributed by atoms with Crippen molar-refractivity contribution < 1.29 is 19.5 Å². The smallest absolute Gasteiger partial charge is 0.291 e. The van der Waals surface area contributed by atoms with Crippen LogP contribution >= 0.6 is 23.2 Å². The number of hydrogen-bond acceptors (Lipinski definition) is 5. The number of hydroxylamine groups is 1. The van der Waals surface area contributed by atoms with Gasteiger partial charge in [0.25, 0.3) is 5.91 Å². The van der Waals surface area contributed by atoms with E-state index in [0.717, 1.165) is 0 Å². The summed E-state index contributed by atoms with van der Waals surface area (Å²) in [6.45, 7) is 1.55. The predicted octanol–water partition coefficient (Wildman–Crippen LogP) is 5.37. The lowest BCUT2D eigenvalue weighted by atomic mass is 10.3. The Labute approximate surface area is 171 Å². The van der Waals surface area contributed by atoms with Gasteiger partial charge in [-0.3, -0.25) is 10.0 Å². The topological polar surface area (TPSA) is 71.9 Å². The Morgan fingerprint density at radius 2 is 1.71 bits per heavy atom. The van der Waals surface area contributed by atoms with E-state index in [-0.39, 0.29) is 10.9 Å². The SMILES string of the molecule is CC(Oc1ccc(Oc2ncc(Cl)cc2Cl)cc1)C(=O)N(O)c1ccccc1. The number of carbonyl (C=O) groups excluding carboxylic acids is 1. The number of hydrogen-bond donors (Lipinski definition) is 1. The van der Waals surface area contributed by atoms with Crippen molar-refractivity contribution in [3.8, 4) is 17.4 Å². The molecule has 144 valence electrons. The molecule has 1 N–H and O–H groups in total. The Morgan fingerprint density at radius 3 is 2.36 bits per heavy atom. The van der Waals surface area contributed by atoms with Gasteiger partial charge in [0.15, 0.2) is 6.10 Å². The zero-order chi connectivity index (χ0) is 20.1. The van der Waals surface area contributed by atoms with Crippen molar-refractivity contribution in [3.63, 3.8) is 0 Å². The van der Waals surface area contributed by atoms with Gasteiger partial charge < -0.3 is 9.47 Å².